The van der Waals surface area contributed by atoms with Gasteiger partial charge < -0.3 is 10.6 Å². The monoisotopic (exact) mass is 375 g/mol. The van der Waals surface area contributed by atoms with Crippen LogP contribution in [-0.2, 0) is 0 Å². The second-order valence-corrected chi connectivity index (χ2v) is 6.39. The van der Waals surface area contributed by atoms with E-state index in [1.165, 1.54) is 36.7 Å². The van der Waals surface area contributed by atoms with E-state index in [4.69, 9.17) is 0 Å². The van der Waals surface area contributed by atoms with Gasteiger partial charge in [0.1, 0.15) is 5.82 Å². The van der Waals surface area contributed by atoms with Crippen molar-refractivity contribution in [2.75, 3.05) is 11.9 Å². The Morgan fingerprint density at radius 3 is 2.74 bits per heavy atom. The lowest BCUT2D eigenvalue weighted by atomic mass is 9.97. The minimum atomic E-state index is -1.56. The van der Waals surface area contributed by atoms with Crippen LogP contribution in [0, 0.1) is 17.5 Å². The molecular formula is C20H20F3N3O. The van der Waals surface area contributed by atoms with E-state index in [-0.39, 0.29) is 17.4 Å². The number of nitrogens with one attached hydrogen (secondary N) is 2. The van der Waals surface area contributed by atoms with Gasteiger partial charge in [0.05, 0.1) is 5.69 Å². The largest absolute Gasteiger partial charge is 0.352 e. The normalized spacial score (nSPS) is 13.8. The molecule has 0 saturated carbocycles. The summed E-state index contributed by atoms with van der Waals surface area (Å²) < 4.78 is 40.1. The van der Waals surface area contributed by atoms with Gasteiger partial charge >= 0.3 is 0 Å². The van der Waals surface area contributed by atoms with Crippen LogP contribution in [0.25, 0.3) is 0 Å². The number of hydrogen-bond donors (Lipinski definition) is 2. The van der Waals surface area contributed by atoms with Crippen molar-refractivity contribution in [1.82, 2.24) is 10.3 Å². The number of halogens is 3. The average molecular weight is 375 g/mol. The lowest BCUT2D eigenvalue weighted by Gasteiger charge is -2.13. The average Bonchev–Trinajstić information content (AvgIpc) is 2.69. The summed E-state index contributed by atoms with van der Waals surface area (Å²) in [5.41, 5.74) is 1.45. The number of benzene rings is 1. The second-order valence-electron chi connectivity index (χ2n) is 6.39. The highest BCUT2D eigenvalue weighted by Gasteiger charge is 2.14. The number of allylic oxidation sites excluding steroid dienone is 1. The molecule has 0 atom stereocenters. The predicted octanol–water partition coefficient (Wildman–Crippen LogP) is 4.86. The Kier molecular flexibility index (Phi) is 6.11. The molecule has 2 aromatic rings. The fraction of sp³-hybridized carbons (Fsp3) is 0.300. The number of hydrogen-bond acceptors (Lipinski definition) is 3. The number of nitrogens with zero attached hydrogens (tertiary/aromatic N) is 1. The molecule has 0 spiro atoms. The van der Waals surface area contributed by atoms with Crippen LogP contribution in [-0.4, -0.2) is 17.4 Å². The van der Waals surface area contributed by atoms with E-state index >= 15 is 0 Å². The Hall–Kier alpha value is -2.83. The van der Waals surface area contributed by atoms with Crippen LogP contribution in [0.3, 0.4) is 0 Å². The molecule has 2 N–H and O–H groups in total. The molecule has 1 amide bonds. The molecule has 3 rings (SSSR count). The fourth-order valence-electron chi connectivity index (χ4n) is 2.97. The third-order valence-electron chi connectivity index (χ3n) is 4.44. The van der Waals surface area contributed by atoms with E-state index in [9.17, 15) is 18.0 Å². The molecule has 27 heavy (non-hydrogen) atoms. The summed E-state index contributed by atoms with van der Waals surface area (Å²) in [4.78, 5) is 16.3. The van der Waals surface area contributed by atoms with E-state index in [1.54, 1.807) is 0 Å². The van der Waals surface area contributed by atoms with Crippen molar-refractivity contribution in [3.8, 4) is 0 Å². The number of anilines is 2. The van der Waals surface area contributed by atoms with Crippen molar-refractivity contribution >= 4 is 17.4 Å². The number of aromatic nitrogens is 1. The molecule has 0 bridgehead atoms. The molecular weight excluding hydrogens is 355 g/mol. The van der Waals surface area contributed by atoms with E-state index in [0.29, 0.717) is 12.1 Å². The third kappa shape index (κ3) is 4.87. The van der Waals surface area contributed by atoms with Crippen molar-refractivity contribution in [2.45, 2.75) is 32.1 Å². The zero-order chi connectivity index (χ0) is 19.2. The molecule has 0 radical (unpaired) electrons. The van der Waals surface area contributed by atoms with E-state index in [0.717, 1.165) is 31.4 Å². The quantitative estimate of drug-likeness (QED) is 0.560. The number of pyridine rings is 1. The highest BCUT2D eigenvalue weighted by Crippen LogP contribution is 2.23. The van der Waals surface area contributed by atoms with Gasteiger partial charge in [-0.25, -0.2) is 18.2 Å². The molecule has 0 saturated heterocycles. The van der Waals surface area contributed by atoms with Crippen molar-refractivity contribution < 1.29 is 18.0 Å². The van der Waals surface area contributed by atoms with E-state index < -0.39 is 17.5 Å². The molecule has 1 aliphatic rings. The molecule has 142 valence electrons. The van der Waals surface area contributed by atoms with Gasteiger partial charge in [0, 0.05) is 18.3 Å². The maximum atomic E-state index is 13.8. The first-order chi connectivity index (χ1) is 13.0. The van der Waals surface area contributed by atoms with E-state index in [2.05, 4.69) is 21.7 Å². The highest BCUT2D eigenvalue weighted by molar-refractivity contribution is 5.94. The Morgan fingerprint density at radius 2 is 1.96 bits per heavy atom. The molecule has 0 aliphatic heterocycles. The van der Waals surface area contributed by atoms with Crippen molar-refractivity contribution in [2.24, 2.45) is 0 Å². The molecule has 7 heteroatoms. The first-order valence-corrected chi connectivity index (χ1v) is 8.87. The molecule has 1 heterocycles. The van der Waals surface area contributed by atoms with Crippen molar-refractivity contribution in [3.63, 3.8) is 0 Å². The standard InChI is InChI=1S/C20H20F3N3O/c21-15-6-7-16(19(23)18(15)22)26-17-12-14(9-11-24-17)20(27)25-10-8-13-4-2-1-3-5-13/h4,6-7,9,11-12H,1-3,5,8,10H2,(H,24,26)(H,25,27). The van der Waals surface area contributed by atoms with Gasteiger partial charge in [-0.3, -0.25) is 4.79 Å². The summed E-state index contributed by atoms with van der Waals surface area (Å²) in [6, 6.07) is 4.84. The minimum Gasteiger partial charge on any atom is -0.352 e. The van der Waals surface area contributed by atoms with Gasteiger partial charge in [-0.2, -0.15) is 0 Å². The lowest BCUT2D eigenvalue weighted by Crippen LogP contribution is -2.25. The van der Waals surface area contributed by atoms with Crippen LogP contribution in [0.4, 0.5) is 24.7 Å². The second kappa shape index (κ2) is 8.70. The minimum absolute atomic E-state index is 0.155. The summed E-state index contributed by atoms with van der Waals surface area (Å²) >= 11 is 0. The van der Waals surface area contributed by atoms with Gasteiger partial charge in [-0.15, -0.1) is 0 Å². The summed E-state index contributed by atoms with van der Waals surface area (Å²) in [7, 11) is 0. The van der Waals surface area contributed by atoms with Gasteiger partial charge in [0.2, 0.25) is 0 Å². The first-order valence-electron chi connectivity index (χ1n) is 8.87. The smallest absolute Gasteiger partial charge is 0.251 e. The summed E-state index contributed by atoms with van der Waals surface area (Å²) in [5, 5.41) is 5.41. The number of carbonyl (C=O) groups excluding carboxylic acids is 1. The topological polar surface area (TPSA) is 54.0 Å². The van der Waals surface area contributed by atoms with Gasteiger partial charge in [-0.1, -0.05) is 11.6 Å². The van der Waals surface area contributed by atoms with Gasteiger partial charge in [0.15, 0.2) is 17.5 Å². The fourth-order valence-corrected chi connectivity index (χ4v) is 2.97. The van der Waals surface area contributed by atoms with E-state index in [1.807, 2.05) is 0 Å². The van der Waals surface area contributed by atoms with Gasteiger partial charge in [-0.05, 0) is 56.4 Å². The molecule has 1 aliphatic carbocycles. The Bertz CT molecular complexity index is 868. The SMILES string of the molecule is O=C(NCCC1=CCCCC1)c1ccnc(Nc2ccc(F)c(F)c2F)c1. The maximum Gasteiger partial charge on any atom is 0.251 e. The molecule has 4 nitrogen and oxygen atoms in total. The molecule has 1 aromatic carbocycles. The zero-order valence-corrected chi connectivity index (χ0v) is 14.7. The number of rotatable bonds is 6. The van der Waals surface area contributed by atoms with Crippen LogP contribution in [0.15, 0.2) is 42.1 Å². The first kappa shape index (κ1) is 18.9. The van der Waals surface area contributed by atoms with Crippen LogP contribution >= 0.6 is 0 Å². The Labute approximate surface area is 155 Å². The molecule has 0 unspecified atom stereocenters. The van der Waals surface area contributed by atoms with Crippen molar-refractivity contribution in [1.29, 1.82) is 0 Å². The van der Waals surface area contributed by atoms with Crippen LogP contribution < -0.4 is 10.6 Å². The Morgan fingerprint density at radius 1 is 1.11 bits per heavy atom. The number of carbonyl (C=O) groups is 1. The maximum absolute atomic E-state index is 13.8. The predicted molar refractivity (Wildman–Crippen MR) is 97.3 cm³/mol. The van der Waals surface area contributed by atoms with Crippen LogP contribution in [0.1, 0.15) is 42.5 Å². The van der Waals surface area contributed by atoms with Crippen molar-refractivity contribution in [3.05, 3.63) is 65.1 Å². The van der Waals surface area contributed by atoms with Crippen LogP contribution in [0.2, 0.25) is 0 Å². The molecule has 0 fully saturated rings. The third-order valence-corrected chi connectivity index (χ3v) is 4.44. The zero-order valence-electron chi connectivity index (χ0n) is 14.7. The van der Waals surface area contributed by atoms with Gasteiger partial charge in [0.25, 0.3) is 5.91 Å². The highest BCUT2D eigenvalue weighted by atomic mass is 19.2. The summed E-state index contributed by atoms with van der Waals surface area (Å²) in [6.45, 7) is 0.535. The Balaban J connectivity index is 1.62. The summed E-state index contributed by atoms with van der Waals surface area (Å²) in [6.07, 6.45) is 9.05. The van der Waals surface area contributed by atoms with Crippen LogP contribution in [0.5, 0.6) is 0 Å². The molecule has 1 aromatic heterocycles. The lowest BCUT2D eigenvalue weighted by molar-refractivity contribution is 0.0954. The summed E-state index contributed by atoms with van der Waals surface area (Å²) in [5.74, 6) is -4.30. The number of amides is 1.